The molecule has 2 aromatic carbocycles. The molecule has 25 heavy (non-hydrogen) atoms. The second kappa shape index (κ2) is 11.2. The fourth-order valence-corrected chi connectivity index (χ4v) is 3.94. The molecule has 0 saturated heterocycles. The van der Waals surface area contributed by atoms with Gasteiger partial charge in [-0.1, -0.05) is 76.3 Å². The minimum Gasteiger partial charge on any atom is -0.744 e. The number of fused-ring (bicyclic) bond motifs is 1. The Morgan fingerprint density at radius 1 is 0.920 bits per heavy atom. The second-order valence-electron chi connectivity index (χ2n) is 6.92. The summed E-state index contributed by atoms with van der Waals surface area (Å²) in [6, 6.07) is 10.8. The van der Waals surface area contributed by atoms with Crippen molar-refractivity contribution in [2.75, 3.05) is 0 Å². The maximum Gasteiger partial charge on any atom is 1.00 e. The zero-order chi connectivity index (χ0) is 17.6. The molecule has 0 fully saturated rings. The average Bonchev–Trinajstić information content (AvgIpc) is 2.52. The fourth-order valence-electron chi connectivity index (χ4n) is 3.19. The van der Waals surface area contributed by atoms with Crippen molar-refractivity contribution in [3.63, 3.8) is 0 Å². The molecule has 0 atom stereocenters. The van der Waals surface area contributed by atoms with E-state index in [0.29, 0.717) is 12.0 Å². The topological polar surface area (TPSA) is 57.2 Å². The molecule has 0 spiro atoms. The van der Waals surface area contributed by atoms with Gasteiger partial charge in [0.2, 0.25) is 0 Å². The van der Waals surface area contributed by atoms with Crippen LogP contribution in [0, 0.1) is 5.92 Å². The van der Waals surface area contributed by atoms with Crippen LogP contribution in [-0.4, -0.2) is 13.0 Å². The first-order valence-corrected chi connectivity index (χ1v) is 10.3. The molecule has 2 rings (SSSR count). The fraction of sp³-hybridized carbons (Fsp3) is 0.500. The molecule has 0 bridgehead atoms. The van der Waals surface area contributed by atoms with Crippen LogP contribution < -0.4 is 51.4 Å². The van der Waals surface area contributed by atoms with E-state index in [4.69, 9.17) is 0 Å². The van der Waals surface area contributed by atoms with E-state index in [2.05, 4.69) is 13.8 Å². The predicted molar refractivity (Wildman–Crippen MR) is 98.2 cm³/mol. The predicted octanol–water partition coefficient (Wildman–Crippen LogP) is 2.29. The normalized spacial score (nSPS) is 11.7. The third kappa shape index (κ3) is 7.41. The Labute approximate surface area is 194 Å². The zero-order valence-corrected chi connectivity index (χ0v) is 19.6. The van der Waals surface area contributed by atoms with Gasteiger partial charge >= 0.3 is 51.4 Å². The van der Waals surface area contributed by atoms with Crippen LogP contribution in [-0.2, 0) is 16.5 Å². The van der Waals surface area contributed by atoms with Gasteiger partial charge in [-0.3, -0.25) is 0 Å². The van der Waals surface area contributed by atoms with E-state index in [1.165, 1.54) is 25.3 Å². The molecule has 0 unspecified atom stereocenters. The number of hydrogen-bond donors (Lipinski definition) is 0. The number of rotatable bonds is 9. The summed E-state index contributed by atoms with van der Waals surface area (Å²) in [5.74, 6) is 0.755. The van der Waals surface area contributed by atoms with Gasteiger partial charge in [0.15, 0.2) is 0 Å². The van der Waals surface area contributed by atoms with Crippen LogP contribution in [0.15, 0.2) is 41.3 Å². The molecule has 0 saturated carbocycles. The van der Waals surface area contributed by atoms with E-state index in [-0.39, 0.29) is 56.3 Å². The van der Waals surface area contributed by atoms with Gasteiger partial charge in [-0.15, -0.1) is 0 Å². The first-order chi connectivity index (χ1) is 11.4. The second-order valence-corrected chi connectivity index (χ2v) is 8.27. The summed E-state index contributed by atoms with van der Waals surface area (Å²) in [6.07, 6.45) is 7.53. The van der Waals surface area contributed by atoms with Crippen molar-refractivity contribution in [1.29, 1.82) is 0 Å². The summed E-state index contributed by atoms with van der Waals surface area (Å²) in [4.78, 5) is -0.0546. The Balaban J connectivity index is 0.00000312. The number of hydrogen-bond acceptors (Lipinski definition) is 3. The first-order valence-electron chi connectivity index (χ1n) is 8.86. The molecule has 132 valence electrons. The smallest absolute Gasteiger partial charge is 0.744 e. The number of unbranched alkanes of at least 4 members (excludes halogenated alkanes) is 4. The van der Waals surface area contributed by atoms with Gasteiger partial charge in [0.1, 0.15) is 10.1 Å². The maximum absolute atomic E-state index is 11.6. The average molecular weight is 387 g/mol. The van der Waals surface area contributed by atoms with Crippen LogP contribution in [0.1, 0.15) is 57.9 Å². The summed E-state index contributed by atoms with van der Waals surface area (Å²) < 4.78 is 34.7. The van der Waals surface area contributed by atoms with Crippen LogP contribution in [0.5, 0.6) is 0 Å². The summed E-state index contributed by atoms with van der Waals surface area (Å²) >= 11 is 0. The molecule has 0 amide bonds. The van der Waals surface area contributed by atoms with Crippen molar-refractivity contribution in [3.05, 3.63) is 42.0 Å². The molecule has 0 N–H and O–H groups in total. The van der Waals surface area contributed by atoms with E-state index in [1.54, 1.807) is 6.07 Å². The molecule has 0 radical (unpaired) electrons. The summed E-state index contributed by atoms with van der Waals surface area (Å²) in [5, 5.41) is 1.87. The van der Waals surface area contributed by atoms with Crippen LogP contribution >= 0.6 is 0 Å². The Kier molecular flexibility index (Phi) is 10.4. The third-order valence-electron chi connectivity index (χ3n) is 4.48. The van der Waals surface area contributed by atoms with Gasteiger partial charge in [-0.2, -0.15) is 0 Å². The van der Waals surface area contributed by atoms with Gasteiger partial charge in [-0.25, -0.2) is 8.42 Å². The minimum absolute atomic E-state index is 0. The molecule has 0 aliphatic rings. The van der Waals surface area contributed by atoms with Gasteiger partial charge in [-0.05, 0) is 41.2 Å². The standard InChI is InChI=1S/C20H28O3S.K/c1-16(2)10-6-4-3-5-7-13-19-18-12-9-8-11-17(18)14-15-20(19)24(21,22)23;/h8-9,11-12,14-16H,3-7,10,13H2,1-2H3,(H,21,22,23);/q;+1/p-1. The van der Waals surface area contributed by atoms with Crippen LogP contribution in [0.3, 0.4) is 0 Å². The molecule has 0 aliphatic carbocycles. The van der Waals surface area contributed by atoms with E-state index in [0.717, 1.165) is 36.0 Å². The minimum atomic E-state index is -4.44. The molecule has 5 heteroatoms. The molecule has 0 aliphatic heterocycles. The number of benzene rings is 2. The van der Waals surface area contributed by atoms with Gasteiger partial charge in [0, 0.05) is 0 Å². The van der Waals surface area contributed by atoms with Gasteiger partial charge in [0.25, 0.3) is 0 Å². The molecule has 0 heterocycles. The van der Waals surface area contributed by atoms with Crippen LogP contribution in [0.4, 0.5) is 0 Å². The van der Waals surface area contributed by atoms with Crippen molar-refractivity contribution >= 4 is 20.9 Å². The Morgan fingerprint density at radius 2 is 1.56 bits per heavy atom. The Bertz CT molecular complexity index is 770. The summed E-state index contributed by atoms with van der Waals surface area (Å²) in [7, 11) is -4.44. The maximum atomic E-state index is 11.6. The van der Waals surface area contributed by atoms with Gasteiger partial charge in [0.05, 0.1) is 4.90 Å². The largest absolute Gasteiger partial charge is 1.00 e. The van der Waals surface area contributed by atoms with Crippen LogP contribution in [0.2, 0.25) is 0 Å². The SMILES string of the molecule is CC(C)CCCCCCCc1c(S(=O)(=O)[O-])ccc2ccccc12.[K+]. The quantitative estimate of drug-likeness (QED) is 0.377. The number of aryl methyl sites for hydroxylation is 1. The van der Waals surface area contributed by atoms with Crippen LogP contribution in [0.25, 0.3) is 10.8 Å². The van der Waals surface area contributed by atoms with Crippen molar-refractivity contribution in [2.45, 2.75) is 63.7 Å². The van der Waals surface area contributed by atoms with Gasteiger partial charge < -0.3 is 4.55 Å². The first kappa shape index (κ1) is 23.3. The Morgan fingerprint density at radius 3 is 2.24 bits per heavy atom. The van der Waals surface area contributed by atoms with E-state index >= 15 is 0 Å². The molecule has 2 aromatic rings. The van der Waals surface area contributed by atoms with Crippen molar-refractivity contribution < 1.29 is 64.4 Å². The van der Waals surface area contributed by atoms with Crippen molar-refractivity contribution in [1.82, 2.24) is 0 Å². The summed E-state index contributed by atoms with van der Waals surface area (Å²) in [5.41, 5.74) is 0.685. The Hall–Kier alpha value is 0.246. The van der Waals surface area contributed by atoms with E-state index < -0.39 is 10.1 Å². The third-order valence-corrected chi connectivity index (χ3v) is 5.40. The molecular weight excluding hydrogens is 359 g/mol. The van der Waals surface area contributed by atoms with E-state index in [9.17, 15) is 13.0 Å². The van der Waals surface area contributed by atoms with E-state index in [1.807, 2.05) is 24.3 Å². The molecule has 3 nitrogen and oxygen atoms in total. The monoisotopic (exact) mass is 386 g/mol. The molecular formula is C20H27KO3S. The zero-order valence-electron chi connectivity index (χ0n) is 15.6. The van der Waals surface area contributed by atoms with Crippen molar-refractivity contribution in [3.8, 4) is 0 Å². The summed E-state index contributed by atoms with van der Waals surface area (Å²) in [6.45, 7) is 4.48. The van der Waals surface area contributed by atoms with Crippen molar-refractivity contribution in [2.24, 2.45) is 5.92 Å². The molecule has 0 aromatic heterocycles.